The summed E-state index contributed by atoms with van der Waals surface area (Å²) in [5.41, 5.74) is 6.98. The molecule has 6 nitrogen and oxygen atoms in total. The smallest absolute Gasteiger partial charge is 0.213 e. The molecular weight excluding hydrogens is 258 g/mol. The van der Waals surface area contributed by atoms with Gasteiger partial charge in [-0.3, -0.25) is 0 Å². The van der Waals surface area contributed by atoms with E-state index in [1.165, 1.54) is 6.20 Å². The van der Waals surface area contributed by atoms with Gasteiger partial charge in [0.05, 0.1) is 7.11 Å². The quantitative estimate of drug-likeness (QED) is 0.375. The molecule has 1 aromatic carbocycles. The lowest BCUT2D eigenvalue weighted by Crippen LogP contribution is -2.13. The Kier molecular flexibility index (Phi) is 4.39. The number of nitrogens with zero attached hydrogens (tertiary/aromatic N) is 2. The Balaban J connectivity index is 1.96. The minimum absolute atomic E-state index is 0.0132. The summed E-state index contributed by atoms with van der Waals surface area (Å²) >= 11 is 0. The molecule has 0 bridgehead atoms. The van der Waals surface area contributed by atoms with Gasteiger partial charge in [0.1, 0.15) is 12.4 Å². The van der Waals surface area contributed by atoms with Crippen LogP contribution < -0.4 is 15.2 Å². The van der Waals surface area contributed by atoms with Crippen molar-refractivity contribution in [3.05, 3.63) is 53.7 Å². The second-order valence-electron chi connectivity index (χ2n) is 4.01. The van der Waals surface area contributed by atoms with Gasteiger partial charge in [-0.2, -0.15) is 0 Å². The topological polar surface area (TPSA) is 90.0 Å². The molecule has 1 heterocycles. The van der Waals surface area contributed by atoms with E-state index in [2.05, 4.69) is 10.1 Å². The maximum absolute atomic E-state index is 8.55. The lowest BCUT2D eigenvalue weighted by molar-refractivity contribution is 0.293. The first-order valence-electron chi connectivity index (χ1n) is 5.92. The average molecular weight is 273 g/mol. The van der Waals surface area contributed by atoms with Crippen LogP contribution in [0.1, 0.15) is 11.1 Å². The molecule has 0 radical (unpaired) electrons. The summed E-state index contributed by atoms with van der Waals surface area (Å²) in [6.45, 7) is 0.403. The third-order valence-electron chi connectivity index (χ3n) is 2.69. The zero-order valence-corrected chi connectivity index (χ0v) is 11.0. The molecule has 6 heteroatoms. The van der Waals surface area contributed by atoms with Crippen LogP contribution in [-0.2, 0) is 6.61 Å². The highest BCUT2D eigenvalue weighted by molar-refractivity contribution is 5.96. The molecule has 0 saturated carbocycles. The maximum Gasteiger partial charge on any atom is 0.213 e. The molecule has 20 heavy (non-hydrogen) atoms. The van der Waals surface area contributed by atoms with Gasteiger partial charge in [0.2, 0.25) is 5.88 Å². The van der Waals surface area contributed by atoms with Crippen LogP contribution in [0.25, 0.3) is 0 Å². The first-order valence-corrected chi connectivity index (χ1v) is 5.92. The summed E-state index contributed by atoms with van der Waals surface area (Å²) in [6, 6.07) is 10.9. The number of amidine groups is 1. The lowest BCUT2D eigenvalue weighted by atomic mass is 10.2. The van der Waals surface area contributed by atoms with Gasteiger partial charge in [0.25, 0.3) is 0 Å². The van der Waals surface area contributed by atoms with E-state index in [0.717, 1.165) is 11.3 Å². The van der Waals surface area contributed by atoms with E-state index in [9.17, 15) is 0 Å². The van der Waals surface area contributed by atoms with Crippen LogP contribution in [-0.4, -0.2) is 23.1 Å². The molecular formula is C14H15N3O3. The molecule has 1 aromatic heterocycles. The first kappa shape index (κ1) is 13.7. The Hall–Kier alpha value is -2.76. The van der Waals surface area contributed by atoms with Crippen LogP contribution >= 0.6 is 0 Å². The highest BCUT2D eigenvalue weighted by Crippen LogP contribution is 2.14. The van der Waals surface area contributed by atoms with Crippen LogP contribution in [0.4, 0.5) is 0 Å². The van der Waals surface area contributed by atoms with Gasteiger partial charge in [-0.1, -0.05) is 17.3 Å². The summed E-state index contributed by atoms with van der Waals surface area (Å²) in [5.74, 6) is 1.28. The van der Waals surface area contributed by atoms with E-state index in [1.807, 2.05) is 24.3 Å². The molecule has 0 fully saturated rings. The largest absolute Gasteiger partial charge is 0.497 e. The number of nitrogens with two attached hydrogens (primary N) is 1. The second kappa shape index (κ2) is 6.42. The van der Waals surface area contributed by atoms with E-state index >= 15 is 0 Å². The molecule has 3 N–H and O–H groups in total. The number of hydrogen-bond acceptors (Lipinski definition) is 5. The zero-order valence-electron chi connectivity index (χ0n) is 11.0. The Labute approximate surface area is 116 Å². The number of benzene rings is 1. The normalized spacial score (nSPS) is 11.2. The standard InChI is InChI=1S/C14H15N3O3/c1-19-12-5-2-10(3-6-12)9-20-13-7-4-11(8-16-13)14(15)17-18/h2-8,18H,9H2,1H3,(H2,15,17). The van der Waals surface area contributed by atoms with Gasteiger partial charge in [-0.25, -0.2) is 4.98 Å². The van der Waals surface area contributed by atoms with Crippen molar-refractivity contribution >= 4 is 5.84 Å². The summed E-state index contributed by atoms with van der Waals surface area (Å²) in [5, 5.41) is 11.4. The van der Waals surface area contributed by atoms with Gasteiger partial charge in [-0.05, 0) is 23.8 Å². The minimum atomic E-state index is 0.0132. The Morgan fingerprint density at radius 3 is 2.55 bits per heavy atom. The molecule has 0 unspecified atom stereocenters. The molecule has 0 amide bonds. The number of aromatic nitrogens is 1. The Bertz CT molecular complexity index is 580. The molecule has 0 aliphatic carbocycles. The van der Waals surface area contributed by atoms with Crippen molar-refractivity contribution in [3.8, 4) is 11.6 Å². The van der Waals surface area contributed by atoms with Crippen molar-refractivity contribution in [2.45, 2.75) is 6.61 Å². The first-order chi connectivity index (χ1) is 9.72. The maximum atomic E-state index is 8.55. The summed E-state index contributed by atoms with van der Waals surface area (Å²) in [4.78, 5) is 4.08. The second-order valence-corrected chi connectivity index (χ2v) is 4.01. The molecule has 0 atom stereocenters. The van der Waals surface area contributed by atoms with Crippen molar-refractivity contribution in [2.24, 2.45) is 10.9 Å². The number of oxime groups is 1. The van der Waals surface area contributed by atoms with Gasteiger partial charge in [-0.15, -0.1) is 0 Å². The number of methoxy groups -OCH3 is 1. The SMILES string of the molecule is COc1ccc(COc2ccc(/C(N)=N/O)cn2)cc1. The Morgan fingerprint density at radius 2 is 2.00 bits per heavy atom. The molecule has 0 saturated heterocycles. The highest BCUT2D eigenvalue weighted by Gasteiger charge is 2.02. The van der Waals surface area contributed by atoms with Crippen molar-refractivity contribution in [3.63, 3.8) is 0 Å². The predicted octanol–water partition coefficient (Wildman–Crippen LogP) is 1.76. The molecule has 0 spiro atoms. The third kappa shape index (κ3) is 3.38. The summed E-state index contributed by atoms with van der Waals surface area (Å²) in [7, 11) is 1.62. The minimum Gasteiger partial charge on any atom is -0.497 e. The van der Waals surface area contributed by atoms with E-state index in [-0.39, 0.29) is 5.84 Å². The van der Waals surface area contributed by atoms with Crippen molar-refractivity contribution in [2.75, 3.05) is 7.11 Å². The number of hydrogen-bond donors (Lipinski definition) is 2. The van der Waals surface area contributed by atoms with Crippen LogP contribution in [0.5, 0.6) is 11.6 Å². The van der Waals surface area contributed by atoms with Crippen LogP contribution in [0.3, 0.4) is 0 Å². The van der Waals surface area contributed by atoms with Gasteiger partial charge in [0, 0.05) is 17.8 Å². The zero-order chi connectivity index (χ0) is 14.4. The number of ether oxygens (including phenoxy) is 2. The predicted molar refractivity (Wildman–Crippen MR) is 74.1 cm³/mol. The molecule has 2 rings (SSSR count). The fraction of sp³-hybridized carbons (Fsp3) is 0.143. The van der Waals surface area contributed by atoms with E-state index in [1.54, 1.807) is 19.2 Å². The summed E-state index contributed by atoms with van der Waals surface area (Å²) in [6.07, 6.45) is 1.48. The fourth-order valence-electron chi connectivity index (χ4n) is 1.55. The van der Waals surface area contributed by atoms with Gasteiger partial charge in [0.15, 0.2) is 5.84 Å². The third-order valence-corrected chi connectivity index (χ3v) is 2.69. The highest BCUT2D eigenvalue weighted by atomic mass is 16.5. The van der Waals surface area contributed by atoms with E-state index in [0.29, 0.717) is 18.1 Å². The molecule has 0 aliphatic rings. The number of rotatable bonds is 5. The van der Waals surface area contributed by atoms with Crippen LogP contribution in [0, 0.1) is 0 Å². The Morgan fingerprint density at radius 1 is 1.25 bits per heavy atom. The van der Waals surface area contributed by atoms with Crippen LogP contribution in [0.15, 0.2) is 47.8 Å². The molecule has 0 aliphatic heterocycles. The number of pyridine rings is 1. The molecule has 2 aromatic rings. The van der Waals surface area contributed by atoms with E-state index < -0.39 is 0 Å². The van der Waals surface area contributed by atoms with Crippen molar-refractivity contribution < 1.29 is 14.7 Å². The van der Waals surface area contributed by atoms with E-state index in [4.69, 9.17) is 20.4 Å². The van der Waals surface area contributed by atoms with Gasteiger partial charge >= 0.3 is 0 Å². The molecule has 104 valence electrons. The van der Waals surface area contributed by atoms with Crippen molar-refractivity contribution in [1.82, 2.24) is 4.98 Å². The van der Waals surface area contributed by atoms with Crippen molar-refractivity contribution in [1.29, 1.82) is 0 Å². The fourth-order valence-corrected chi connectivity index (χ4v) is 1.55. The van der Waals surface area contributed by atoms with Gasteiger partial charge < -0.3 is 20.4 Å². The summed E-state index contributed by atoms with van der Waals surface area (Å²) < 4.78 is 10.6. The monoisotopic (exact) mass is 273 g/mol. The average Bonchev–Trinajstić information content (AvgIpc) is 2.53. The lowest BCUT2D eigenvalue weighted by Gasteiger charge is -2.06. The van der Waals surface area contributed by atoms with Crippen LogP contribution in [0.2, 0.25) is 0 Å².